The van der Waals surface area contributed by atoms with Gasteiger partial charge in [-0.3, -0.25) is 14.5 Å². The number of fused-ring (bicyclic) bond motifs is 1. The Bertz CT molecular complexity index is 1450. The quantitative estimate of drug-likeness (QED) is 0.240. The maximum Gasteiger partial charge on any atom is 0.301 e. The molecule has 34 heavy (non-hydrogen) atoms. The number of hydrogen-bond acceptors (Lipinski definition) is 6. The van der Waals surface area contributed by atoms with Crippen molar-refractivity contribution in [2.24, 2.45) is 0 Å². The number of rotatable bonds is 4. The molecule has 0 aliphatic carbocycles. The average molecular weight is 471 g/mol. The molecular weight excluding hydrogens is 448 g/mol. The first-order valence-electron chi connectivity index (χ1n) is 10.8. The van der Waals surface area contributed by atoms with Gasteiger partial charge in [0.1, 0.15) is 11.5 Å². The number of thiazole rings is 1. The molecule has 1 atom stereocenters. The van der Waals surface area contributed by atoms with Crippen LogP contribution < -0.4 is 9.64 Å². The van der Waals surface area contributed by atoms with E-state index in [9.17, 15) is 14.7 Å². The van der Waals surface area contributed by atoms with Gasteiger partial charge in [0.15, 0.2) is 5.13 Å². The number of carbonyl (C=O) groups is 2. The van der Waals surface area contributed by atoms with E-state index < -0.39 is 17.7 Å². The van der Waals surface area contributed by atoms with E-state index in [1.165, 1.54) is 16.2 Å². The predicted molar refractivity (Wildman–Crippen MR) is 133 cm³/mol. The van der Waals surface area contributed by atoms with Crippen LogP contribution >= 0.6 is 11.3 Å². The zero-order valence-corrected chi connectivity index (χ0v) is 19.7. The molecule has 0 spiro atoms. The lowest BCUT2D eigenvalue weighted by Crippen LogP contribution is -2.29. The lowest BCUT2D eigenvalue weighted by atomic mass is 9.95. The molecule has 1 aliphatic heterocycles. The fourth-order valence-corrected chi connectivity index (χ4v) is 5.21. The Balaban J connectivity index is 1.72. The number of aromatic nitrogens is 1. The van der Waals surface area contributed by atoms with Crippen LogP contribution in [0.4, 0.5) is 5.13 Å². The van der Waals surface area contributed by atoms with E-state index in [1.807, 2.05) is 44.2 Å². The van der Waals surface area contributed by atoms with Crippen molar-refractivity contribution >= 4 is 44.1 Å². The van der Waals surface area contributed by atoms with Gasteiger partial charge < -0.3 is 9.84 Å². The van der Waals surface area contributed by atoms with Gasteiger partial charge in [-0.25, -0.2) is 4.98 Å². The van der Waals surface area contributed by atoms with E-state index in [0.29, 0.717) is 22.0 Å². The van der Waals surface area contributed by atoms with Crippen molar-refractivity contribution in [3.8, 4) is 5.75 Å². The van der Waals surface area contributed by atoms with Crippen LogP contribution in [0.2, 0.25) is 0 Å². The Morgan fingerprint density at radius 1 is 0.971 bits per heavy atom. The van der Waals surface area contributed by atoms with E-state index in [1.54, 1.807) is 43.5 Å². The van der Waals surface area contributed by atoms with E-state index in [-0.39, 0.29) is 11.3 Å². The van der Waals surface area contributed by atoms with Crippen LogP contribution in [0.5, 0.6) is 5.75 Å². The van der Waals surface area contributed by atoms with Crippen LogP contribution in [0, 0.1) is 13.8 Å². The fourth-order valence-electron chi connectivity index (χ4n) is 4.12. The van der Waals surface area contributed by atoms with E-state index in [2.05, 4.69) is 4.98 Å². The molecule has 1 aromatic heterocycles. The minimum atomic E-state index is -0.825. The summed E-state index contributed by atoms with van der Waals surface area (Å²) in [5.74, 6) is -1.02. The van der Waals surface area contributed by atoms with Gasteiger partial charge in [-0.1, -0.05) is 59.4 Å². The SMILES string of the molecule is COc1ccc(C2/C(=C(\O)c3ccc(C)cc3)C(=O)C(=O)N2c2nc3ccc(C)cc3s2)cc1. The summed E-state index contributed by atoms with van der Waals surface area (Å²) >= 11 is 1.34. The number of nitrogens with zero attached hydrogens (tertiary/aromatic N) is 2. The molecule has 6 nitrogen and oxygen atoms in total. The monoisotopic (exact) mass is 470 g/mol. The Hall–Kier alpha value is -3.97. The number of aryl methyl sites for hydroxylation is 2. The van der Waals surface area contributed by atoms with Crippen molar-refractivity contribution in [3.05, 3.63) is 94.6 Å². The van der Waals surface area contributed by atoms with Crippen molar-refractivity contribution < 1.29 is 19.4 Å². The fraction of sp³-hybridized carbons (Fsp3) is 0.148. The minimum absolute atomic E-state index is 0.0365. The normalized spacial score (nSPS) is 17.5. The highest BCUT2D eigenvalue weighted by molar-refractivity contribution is 7.22. The van der Waals surface area contributed by atoms with Gasteiger partial charge in [0.05, 0.1) is 28.9 Å². The Morgan fingerprint density at radius 2 is 1.65 bits per heavy atom. The van der Waals surface area contributed by atoms with Crippen molar-refractivity contribution in [2.75, 3.05) is 12.0 Å². The number of ether oxygens (including phenoxy) is 1. The van der Waals surface area contributed by atoms with Gasteiger partial charge in [-0.05, 0) is 49.2 Å². The molecule has 5 rings (SSSR count). The molecule has 1 aliphatic rings. The second kappa shape index (κ2) is 8.43. The summed E-state index contributed by atoms with van der Waals surface area (Å²) in [6.45, 7) is 3.93. The number of aliphatic hydroxyl groups is 1. The van der Waals surface area contributed by atoms with Crippen LogP contribution in [-0.4, -0.2) is 28.9 Å². The molecule has 3 aromatic carbocycles. The molecule has 170 valence electrons. The number of benzene rings is 3. The van der Waals surface area contributed by atoms with E-state index in [4.69, 9.17) is 4.74 Å². The summed E-state index contributed by atoms with van der Waals surface area (Å²) < 4.78 is 6.19. The third-order valence-electron chi connectivity index (χ3n) is 5.94. The molecular formula is C27H22N2O4S. The molecule has 1 amide bonds. The lowest BCUT2D eigenvalue weighted by molar-refractivity contribution is -0.132. The molecule has 7 heteroatoms. The van der Waals surface area contributed by atoms with Gasteiger partial charge in [0, 0.05) is 5.56 Å². The van der Waals surface area contributed by atoms with E-state index >= 15 is 0 Å². The molecule has 0 radical (unpaired) electrons. The summed E-state index contributed by atoms with van der Waals surface area (Å²) in [4.78, 5) is 32.7. The maximum absolute atomic E-state index is 13.3. The first kappa shape index (κ1) is 21.9. The Labute approximate surface area is 200 Å². The largest absolute Gasteiger partial charge is 0.507 e. The van der Waals surface area contributed by atoms with Crippen molar-refractivity contribution in [1.29, 1.82) is 0 Å². The number of Topliss-reactive ketones (excluding diaryl/α,β-unsaturated/α-hetero) is 1. The third kappa shape index (κ3) is 3.64. The van der Waals surface area contributed by atoms with Gasteiger partial charge >= 0.3 is 5.91 Å². The average Bonchev–Trinajstić information content (AvgIpc) is 3.37. The Kier molecular flexibility index (Phi) is 5.42. The zero-order chi connectivity index (χ0) is 24.0. The van der Waals surface area contributed by atoms with Gasteiger partial charge in [0.25, 0.3) is 5.78 Å². The number of ketones is 1. The number of methoxy groups -OCH3 is 1. The van der Waals surface area contributed by atoms with Crippen molar-refractivity contribution in [3.63, 3.8) is 0 Å². The summed E-state index contributed by atoms with van der Waals surface area (Å²) in [7, 11) is 1.57. The van der Waals surface area contributed by atoms with Gasteiger partial charge in [-0.2, -0.15) is 0 Å². The molecule has 4 aromatic rings. The standard InChI is InChI=1S/C27H22N2O4S/c1-15-4-7-18(8-5-15)24(30)22-23(17-9-11-19(33-3)12-10-17)29(26(32)25(22)31)27-28-20-13-6-16(2)14-21(20)34-27/h4-14,23,30H,1-3H3/b24-22+. The summed E-state index contributed by atoms with van der Waals surface area (Å²) in [5, 5.41) is 11.6. The second-order valence-corrected chi connectivity index (χ2v) is 9.29. The summed E-state index contributed by atoms with van der Waals surface area (Å²) in [5.41, 5.74) is 4.03. The molecule has 1 saturated heterocycles. The Morgan fingerprint density at radius 3 is 2.32 bits per heavy atom. The predicted octanol–water partition coefficient (Wildman–Crippen LogP) is 5.55. The second-order valence-electron chi connectivity index (χ2n) is 8.28. The van der Waals surface area contributed by atoms with Crippen LogP contribution in [-0.2, 0) is 9.59 Å². The summed E-state index contributed by atoms with van der Waals surface area (Å²) in [6, 6.07) is 19.3. The lowest BCUT2D eigenvalue weighted by Gasteiger charge is -2.23. The van der Waals surface area contributed by atoms with Gasteiger partial charge in [0.2, 0.25) is 0 Å². The van der Waals surface area contributed by atoms with Crippen LogP contribution in [0.15, 0.2) is 72.3 Å². The first-order valence-corrected chi connectivity index (χ1v) is 11.6. The highest BCUT2D eigenvalue weighted by Gasteiger charge is 2.48. The minimum Gasteiger partial charge on any atom is -0.507 e. The number of aliphatic hydroxyl groups excluding tert-OH is 1. The maximum atomic E-state index is 13.3. The van der Waals surface area contributed by atoms with Crippen LogP contribution in [0.1, 0.15) is 28.3 Å². The summed E-state index contributed by atoms with van der Waals surface area (Å²) in [6.07, 6.45) is 0. The van der Waals surface area contributed by atoms with Crippen LogP contribution in [0.3, 0.4) is 0 Å². The number of anilines is 1. The molecule has 0 saturated carbocycles. The highest BCUT2D eigenvalue weighted by Crippen LogP contribution is 2.44. The van der Waals surface area contributed by atoms with E-state index in [0.717, 1.165) is 21.3 Å². The number of carbonyl (C=O) groups excluding carboxylic acids is 2. The van der Waals surface area contributed by atoms with Crippen molar-refractivity contribution in [2.45, 2.75) is 19.9 Å². The van der Waals surface area contributed by atoms with Gasteiger partial charge in [-0.15, -0.1) is 0 Å². The third-order valence-corrected chi connectivity index (χ3v) is 6.96. The highest BCUT2D eigenvalue weighted by atomic mass is 32.1. The molecule has 0 bridgehead atoms. The number of hydrogen-bond donors (Lipinski definition) is 1. The first-order chi connectivity index (χ1) is 16.4. The van der Waals surface area contributed by atoms with Crippen molar-refractivity contribution in [1.82, 2.24) is 4.98 Å². The molecule has 1 N–H and O–H groups in total. The molecule has 2 heterocycles. The number of amides is 1. The molecule has 1 unspecified atom stereocenters. The smallest absolute Gasteiger partial charge is 0.301 e. The zero-order valence-electron chi connectivity index (χ0n) is 18.9. The molecule has 1 fully saturated rings. The van der Waals surface area contributed by atoms with Crippen LogP contribution in [0.25, 0.3) is 16.0 Å². The topological polar surface area (TPSA) is 79.7 Å².